The van der Waals surface area contributed by atoms with Gasteiger partial charge in [0.15, 0.2) is 1.43 Å². The first-order chi connectivity index (χ1) is 12.1. The number of aliphatic carboxylic acids is 1. The molecule has 0 spiro atoms. The Morgan fingerprint density at radius 1 is 1.00 bits per heavy atom. The first kappa shape index (κ1) is 24.4. The zero-order chi connectivity index (χ0) is 19.9. The Kier molecular flexibility index (Phi) is 10.7. The number of carboxylic acids is 1. The van der Waals surface area contributed by atoms with E-state index in [0.29, 0.717) is 24.6 Å². The summed E-state index contributed by atoms with van der Waals surface area (Å²) in [5.74, 6) is 0.531. The van der Waals surface area contributed by atoms with Crippen molar-refractivity contribution in [2.75, 3.05) is 13.1 Å². The minimum Gasteiger partial charge on any atom is -0.508 e. The van der Waals surface area contributed by atoms with Crippen LogP contribution in [-0.2, 0) is 6.22 Å². The van der Waals surface area contributed by atoms with Crippen molar-refractivity contribution >= 4 is 96.3 Å². The summed E-state index contributed by atoms with van der Waals surface area (Å²) in [5.41, 5.74) is 10.5. The number of ether oxygens (including phenoxy) is 1. The summed E-state index contributed by atoms with van der Waals surface area (Å²) >= 11 is 8.13. The fourth-order valence-electron chi connectivity index (χ4n) is 1.61. The number of rotatable bonds is 5. The molecule has 0 aliphatic heterocycles. The number of benzene rings is 2. The van der Waals surface area contributed by atoms with Crippen molar-refractivity contribution in [3.63, 3.8) is 0 Å². The van der Waals surface area contributed by atoms with Crippen molar-refractivity contribution in [3.05, 3.63) is 49.1 Å². The number of alkyl halides is 2. The average molecular weight is 808 g/mol. The van der Waals surface area contributed by atoms with Gasteiger partial charge in [-0.2, -0.15) is 0 Å². The van der Waals surface area contributed by atoms with E-state index >= 15 is 0 Å². The van der Waals surface area contributed by atoms with E-state index in [0.717, 1.165) is 12.7 Å². The van der Waals surface area contributed by atoms with Gasteiger partial charge in [0.2, 0.25) is 0 Å². The smallest absolute Gasteiger partial charge is 0.334 e. The quantitative estimate of drug-likeness (QED) is 0.263. The lowest BCUT2D eigenvalue weighted by Crippen LogP contribution is -2.22. The molecule has 0 amide bonds. The van der Waals surface area contributed by atoms with Crippen LogP contribution in [0.5, 0.6) is 17.2 Å². The molecule has 6 N–H and O–H groups in total. The van der Waals surface area contributed by atoms with Gasteiger partial charge in [-0.25, -0.2) is 4.79 Å². The third kappa shape index (κ3) is 6.75. The van der Waals surface area contributed by atoms with Crippen molar-refractivity contribution in [3.8, 4) is 17.2 Å². The molecule has 0 atom stereocenters. The Balaban J connectivity index is 0.000000765. The maximum atomic E-state index is 11.4. The maximum Gasteiger partial charge on any atom is 0.334 e. The Morgan fingerprint density at radius 3 is 2.00 bits per heavy atom. The van der Waals surface area contributed by atoms with Gasteiger partial charge in [0.1, 0.15) is 17.2 Å². The SMILES string of the molecule is NCCN.O=C(O)C(I)(I)c1ccc(Oc2ccc(O)cc2)c(I)c1I. The third-order valence-corrected chi connectivity index (χ3v) is 8.19. The lowest BCUT2D eigenvalue weighted by Gasteiger charge is -2.19. The molecule has 10 heteroatoms. The minimum atomic E-state index is -1.02. The van der Waals surface area contributed by atoms with Gasteiger partial charge in [0.25, 0.3) is 0 Å². The highest BCUT2D eigenvalue weighted by Crippen LogP contribution is 2.44. The first-order valence-electron chi connectivity index (χ1n) is 7.11. The van der Waals surface area contributed by atoms with Crippen LogP contribution in [0.1, 0.15) is 5.56 Å². The summed E-state index contributed by atoms with van der Waals surface area (Å²) < 4.78 is 6.47. The highest BCUT2D eigenvalue weighted by molar-refractivity contribution is 14.2. The molecule has 2 aromatic rings. The molecule has 0 saturated heterocycles. The van der Waals surface area contributed by atoms with Gasteiger partial charge in [-0.15, -0.1) is 0 Å². The molecule has 0 saturated carbocycles. The fourth-order valence-corrected chi connectivity index (χ4v) is 4.97. The van der Waals surface area contributed by atoms with Crippen LogP contribution in [0.15, 0.2) is 36.4 Å². The summed E-state index contributed by atoms with van der Waals surface area (Å²) in [6.07, 6.45) is 0. The molecule has 0 fully saturated rings. The first-order valence-corrected chi connectivity index (χ1v) is 11.4. The summed E-state index contributed by atoms with van der Waals surface area (Å²) in [6.45, 7) is 1.19. The van der Waals surface area contributed by atoms with E-state index in [-0.39, 0.29) is 5.75 Å². The Labute approximate surface area is 206 Å². The van der Waals surface area contributed by atoms with Crippen molar-refractivity contribution in [1.29, 1.82) is 0 Å². The molecule has 0 aliphatic carbocycles. The second kappa shape index (κ2) is 11.4. The lowest BCUT2D eigenvalue weighted by atomic mass is 10.1. The van der Waals surface area contributed by atoms with Crippen molar-refractivity contribution in [2.45, 2.75) is 1.43 Å². The van der Waals surface area contributed by atoms with Gasteiger partial charge in [0, 0.05) is 22.2 Å². The van der Waals surface area contributed by atoms with Crippen LogP contribution in [0.4, 0.5) is 0 Å². The molecule has 0 aromatic heterocycles. The zero-order valence-electron chi connectivity index (χ0n) is 13.3. The summed E-state index contributed by atoms with van der Waals surface area (Å²) in [6, 6.07) is 9.97. The van der Waals surface area contributed by atoms with E-state index in [4.69, 9.17) is 16.2 Å². The zero-order valence-corrected chi connectivity index (χ0v) is 21.9. The van der Waals surface area contributed by atoms with E-state index in [1.807, 2.05) is 45.2 Å². The molecule has 142 valence electrons. The summed E-state index contributed by atoms with van der Waals surface area (Å²) in [4.78, 5) is 11.4. The molecule has 0 aliphatic rings. The molecule has 0 radical (unpaired) electrons. The molecule has 26 heavy (non-hydrogen) atoms. The van der Waals surface area contributed by atoms with Crippen LogP contribution in [0.3, 0.4) is 0 Å². The molecule has 6 nitrogen and oxygen atoms in total. The van der Waals surface area contributed by atoms with Crippen molar-refractivity contribution in [2.24, 2.45) is 11.5 Å². The van der Waals surface area contributed by atoms with Gasteiger partial charge < -0.3 is 26.4 Å². The van der Waals surface area contributed by atoms with Crippen LogP contribution >= 0.6 is 90.4 Å². The number of nitrogens with two attached hydrogens (primary N) is 2. The number of phenolic OH excluding ortho intramolecular Hbond substituents is 1. The van der Waals surface area contributed by atoms with Crippen LogP contribution < -0.4 is 16.2 Å². The predicted octanol–water partition coefficient (Wildman–Crippen LogP) is 4.40. The molecular weight excluding hydrogens is 792 g/mol. The Morgan fingerprint density at radius 2 is 1.54 bits per heavy atom. The summed E-state index contributed by atoms with van der Waals surface area (Å²) in [7, 11) is 0. The third-order valence-electron chi connectivity index (χ3n) is 2.88. The minimum absolute atomic E-state index is 0.174. The number of aromatic hydroxyl groups is 1. The van der Waals surface area contributed by atoms with Gasteiger partial charge in [-0.3, -0.25) is 0 Å². The van der Waals surface area contributed by atoms with E-state index in [1.165, 1.54) is 0 Å². The summed E-state index contributed by atoms with van der Waals surface area (Å²) in [5, 5.41) is 18.6. The molecule has 2 aromatic carbocycles. The van der Waals surface area contributed by atoms with Gasteiger partial charge in [-0.1, -0.05) is 6.07 Å². The van der Waals surface area contributed by atoms with Gasteiger partial charge in [0.05, 0.1) is 3.57 Å². The highest BCUT2D eigenvalue weighted by Gasteiger charge is 2.37. The van der Waals surface area contributed by atoms with Gasteiger partial charge >= 0.3 is 5.97 Å². The van der Waals surface area contributed by atoms with Gasteiger partial charge in [-0.05, 0) is 121 Å². The molecule has 0 heterocycles. The van der Waals surface area contributed by atoms with E-state index in [1.54, 1.807) is 36.4 Å². The number of carbonyl (C=O) groups is 1. The monoisotopic (exact) mass is 808 g/mol. The Bertz CT molecular complexity index is 753. The number of hydrogen-bond donors (Lipinski definition) is 4. The molecule has 0 unspecified atom stereocenters. The molecule has 0 bridgehead atoms. The normalized spacial score (nSPS) is 10.7. The lowest BCUT2D eigenvalue weighted by molar-refractivity contribution is -0.136. The fraction of sp³-hybridized carbons (Fsp3) is 0.188. The van der Waals surface area contributed by atoms with Crippen molar-refractivity contribution < 1.29 is 19.7 Å². The van der Waals surface area contributed by atoms with Crippen LogP contribution in [0.2, 0.25) is 0 Å². The molecular formula is C16H16I4N2O4. The number of hydrogen-bond acceptors (Lipinski definition) is 5. The van der Waals surface area contributed by atoms with Crippen LogP contribution in [-0.4, -0.2) is 29.3 Å². The van der Waals surface area contributed by atoms with E-state index in [9.17, 15) is 15.0 Å². The van der Waals surface area contributed by atoms with Crippen LogP contribution in [0.25, 0.3) is 0 Å². The molecule has 2 rings (SSSR count). The maximum absolute atomic E-state index is 11.4. The second-order valence-corrected chi connectivity index (χ2v) is 12.2. The Hall–Kier alpha value is 0.350. The topological polar surface area (TPSA) is 119 Å². The van der Waals surface area contributed by atoms with Crippen molar-refractivity contribution in [1.82, 2.24) is 0 Å². The van der Waals surface area contributed by atoms with Crippen LogP contribution in [0, 0.1) is 7.14 Å². The second-order valence-electron chi connectivity index (χ2n) is 4.79. The average Bonchev–Trinajstić information content (AvgIpc) is 2.60. The highest BCUT2D eigenvalue weighted by atomic mass is 127. The number of halogens is 4. The standard InChI is InChI=1S/C14H8I4O4.C2H8N2/c15-11-9(14(17,18)13(20)21)5-6-10(12(11)16)22-8-3-1-7(19)2-4-8;3-1-2-4/h1-6,19H,(H,20,21);1-4H2. The predicted molar refractivity (Wildman–Crippen MR) is 136 cm³/mol. The number of phenols is 1. The van der Waals surface area contributed by atoms with E-state index in [2.05, 4.69) is 45.2 Å². The largest absolute Gasteiger partial charge is 0.508 e. The number of carboxylic acid groups (broad SMARTS) is 1. The van der Waals surface area contributed by atoms with E-state index < -0.39 is 7.40 Å².